The average molecular weight is 362 g/mol. The number of nitrogens with one attached hydrogen (secondary N) is 1. The molecule has 1 aliphatic rings. The lowest BCUT2D eigenvalue weighted by atomic mass is 9.97. The van der Waals surface area contributed by atoms with Crippen molar-refractivity contribution in [3.8, 4) is 5.69 Å². The predicted octanol–water partition coefficient (Wildman–Crippen LogP) is 2.34. The summed E-state index contributed by atoms with van der Waals surface area (Å²) in [4.78, 5) is 24.5. The first-order valence-electron chi connectivity index (χ1n) is 9.32. The highest BCUT2D eigenvalue weighted by atomic mass is 16.1. The Labute approximate surface area is 157 Å². The maximum atomic E-state index is 12.3. The number of fused-ring (bicyclic) bond motifs is 1. The summed E-state index contributed by atoms with van der Waals surface area (Å²) in [5, 5.41) is 7.34. The van der Waals surface area contributed by atoms with E-state index < -0.39 is 0 Å². The largest absolute Gasteiger partial charge is 0.350 e. The number of aryl methyl sites for hydroxylation is 2. The van der Waals surface area contributed by atoms with Crippen LogP contribution in [-0.4, -0.2) is 26.8 Å². The highest BCUT2D eigenvalue weighted by Crippen LogP contribution is 2.16. The van der Waals surface area contributed by atoms with Gasteiger partial charge in [-0.05, 0) is 67.6 Å². The van der Waals surface area contributed by atoms with Gasteiger partial charge in [0.15, 0.2) is 0 Å². The highest BCUT2D eigenvalue weighted by molar-refractivity contribution is 5.94. The van der Waals surface area contributed by atoms with Crippen LogP contribution in [0.4, 0.5) is 0 Å². The molecule has 0 unspecified atom stereocenters. The fraction of sp³-hybridized carbons (Fsp3) is 0.286. The molecule has 0 spiro atoms. The molecular weight excluding hydrogens is 340 g/mol. The third kappa shape index (κ3) is 3.84. The molecular formula is C21H22N4O2. The SMILES string of the molecule is O=C(NCCn1nc2c(cc1=O)CCCC2)c1ccc(-n2cccc2)cc1. The molecule has 4 rings (SSSR count). The zero-order chi connectivity index (χ0) is 18.6. The van der Waals surface area contributed by atoms with Gasteiger partial charge in [-0.15, -0.1) is 0 Å². The Bertz CT molecular complexity index is 988. The molecule has 0 saturated carbocycles. The number of rotatable bonds is 5. The predicted molar refractivity (Wildman–Crippen MR) is 103 cm³/mol. The molecule has 1 aromatic carbocycles. The molecule has 1 N–H and O–H groups in total. The van der Waals surface area contributed by atoms with E-state index in [0.29, 0.717) is 18.7 Å². The fourth-order valence-electron chi connectivity index (χ4n) is 3.43. The first kappa shape index (κ1) is 17.3. The first-order valence-corrected chi connectivity index (χ1v) is 9.32. The monoisotopic (exact) mass is 362 g/mol. The second kappa shape index (κ2) is 7.61. The van der Waals surface area contributed by atoms with Crippen molar-refractivity contribution in [2.24, 2.45) is 0 Å². The van der Waals surface area contributed by atoms with Crippen LogP contribution in [0.3, 0.4) is 0 Å². The molecule has 1 amide bonds. The summed E-state index contributed by atoms with van der Waals surface area (Å²) in [5.74, 6) is -0.153. The minimum atomic E-state index is -0.153. The van der Waals surface area contributed by atoms with E-state index in [1.54, 1.807) is 18.2 Å². The number of amides is 1. The number of aromatic nitrogens is 3. The zero-order valence-corrected chi connectivity index (χ0v) is 15.1. The standard InChI is InChI=1S/C21H22N4O2/c26-20-15-17-5-1-2-6-19(17)23-25(20)14-11-22-21(27)16-7-9-18(10-8-16)24-12-3-4-13-24/h3-4,7-10,12-13,15H,1-2,5-6,11,14H2,(H,22,27). The molecule has 0 aliphatic heterocycles. The minimum Gasteiger partial charge on any atom is -0.350 e. The molecule has 27 heavy (non-hydrogen) atoms. The van der Waals surface area contributed by atoms with Crippen molar-refractivity contribution < 1.29 is 4.79 Å². The van der Waals surface area contributed by atoms with Crippen LogP contribution in [0.25, 0.3) is 5.69 Å². The van der Waals surface area contributed by atoms with E-state index >= 15 is 0 Å². The van der Waals surface area contributed by atoms with E-state index in [9.17, 15) is 9.59 Å². The molecule has 2 aromatic heterocycles. The number of carbonyl (C=O) groups excluding carboxylic acids is 1. The van der Waals surface area contributed by atoms with Gasteiger partial charge in [0.05, 0.1) is 12.2 Å². The lowest BCUT2D eigenvalue weighted by Gasteiger charge is -2.16. The van der Waals surface area contributed by atoms with Crippen LogP contribution in [0.5, 0.6) is 0 Å². The van der Waals surface area contributed by atoms with Crippen molar-refractivity contribution in [3.63, 3.8) is 0 Å². The molecule has 0 radical (unpaired) electrons. The zero-order valence-electron chi connectivity index (χ0n) is 15.1. The van der Waals surface area contributed by atoms with E-state index in [0.717, 1.165) is 42.6 Å². The number of hydrogen-bond donors (Lipinski definition) is 1. The van der Waals surface area contributed by atoms with Gasteiger partial charge in [-0.2, -0.15) is 5.10 Å². The van der Waals surface area contributed by atoms with E-state index in [1.165, 1.54) is 4.68 Å². The second-order valence-electron chi connectivity index (χ2n) is 6.78. The lowest BCUT2D eigenvalue weighted by Crippen LogP contribution is -2.33. The van der Waals surface area contributed by atoms with Crippen LogP contribution in [0.15, 0.2) is 59.7 Å². The van der Waals surface area contributed by atoms with E-state index in [-0.39, 0.29) is 11.5 Å². The summed E-state index contributed by atoms with van der Waals surface area (Å²) in [6, 6.07) is 13.0. The third-order valence-electron chi connectivity index (χ3n) is 4.92. The van der Waals surface area contributed by atoms with Crippen molar-refractivity contribution in [1.82, 2.24) is 19.7 Å². The molecule has 0 bridgehead atoms. The topological polar surface area (TPSA) is 68.9 Å². The van der Waals surface area contributed by atoms with Crippen LogP contribution in [-0.2, 0) is 19.4 Å². The first-order chi connectivity index (χ1) is 13.2. The van der Waals surface area contributed by atoms with Gasteiger partial charge in [0.1, 0.15) is 0 Å². The Hall–Kier alpha value is -3.15. The van der Waals surface area contributed by atoms with Gasteiger partial charge in [-0.1, -0.05) is 0 Å². The van der Waals surface area contributed by atoms with Gasteiger partial charge >= 0.3 is 0 Å². The van der Waals surface area contributed by atoms with Gasteiger partial charge < -0.3 is 9.88 Å². The molecule has 138 valence electrons. The maximum Gasteiger partial charge on any atom is 0.267 e. The van der Waals surface area contributed by atoms with Crippen molar-refractivity contribution in [3.05, 3.63) is 82.0 Å². The Morgan fingerprint density at radius 2 is 1.81 bits per heavy atom. The molecule has 6 heteroatoms. The summed E-state index contributed by atoms with van der Waals surface area (Å²) in [7, 11) is 0. The van der Waals surface area contributed by atoms with Gasteiger partial charge in [0.2, 0.25) is 0 Å². The second-order valence-corrected chi connectivity index (χ2v) is 6.78. The van der Waals surface area contributed by atoms with E-state index in [4.69, 9.17) is 0 Å². The van der Waals surface area contributed by atoms with Crippen LogP contribution in [0.2, 0.25) is 0 Å². The Kier molecular flexibility index (Phi) is 4.87. The van der Waals surface area contributed by atoms with Crippen molar-refractivity contribution in [2.45, 2.75) is 32.2 Å². The van der Waals surface area contributed by atoms with Gasteiger partial charge in [-0.3, -0.25) is 9.59 Å². The molecule has 1 aliphatic carbocycles. The number of carbonyl (C=O) groups is 1. The molecule has 0 fully saturated rings. The molecule has 6 nitrogen and oxygen atoms in total. The summed E-state index contributed by atoms with van der Waals surface area (Å²) >= 11 is 0. The minimum absolute atomic E-state index is 0.0963. The quantitative estimate of drug-likeness (QED) is 0.757. The smallest absolute Gasteiger partial charge is 0.267 e. The Morgan fingerprint density at radius 1 is 1.07 bits per heavy atom. The summed E-state index contributed by atoms with van der Waals surface area (Å²) in [6.07, 6.45) is 8.02. The summed E-state index contributed by atoms with van der Waals surface area (Å²) < 4.78 is 3.44. The van der Waals surface area contributed by atoms with Crippen molar-refractivity contribution >= 4 is 5.91 Å². The number of benzene rings is 1. The fourth-order valence-corrected chi connectivity index (χ4v) is 3.43. The number of nitrogens with zero attached hydrogens (tertiary/aromatic N) is 3. The van der Waals surface area contributed by atoms with E-state index in [2.05, 4.69) is 10.4 Å². The van der Waals surface area contributed by atoms with Gasteiger partial charge in [0, 0.05) is 36.3 Å². The average Bonchev–Trinajstić information content (AvgIpc) is 3.23. The normalized spacial score (nSPS) is 13.2. The van der Waals surface area contributed by atoms with Crippen molar-refractivity contribution in [1.29, 1.82) is 0 Å². The molecule has 2 heterocycles. The Balaban J connectivity index is 1.36. The lowest BCUT2D eigenvalue weighted by molar-refractivity contribution is 0.0951. The van der Waals surface area contributed by atoms with Crippen LogP contribution >= 0.6 is 0 Å². The Morgan fingerprint density at radius 3 is 2.59 bits per heavy atom. The van der Waals surface area contributed by atoms with Crippen LogP contribution < -0.4 is 10.9 Å². The van der Waals surface area contributed by atoms with Crippen LogP contribution in [0, 0.1) is 0 Å². The maximum absolute atomic E-state index is 12.3. The van der Waals surface area contributed by atoms with Gasteiger partial charge in [-0.25, -0.2) is 4.68 Å². The highest BCUT2D eigenvalue weighted by Gasteiger charge is 2.13. The van der Waals surface area contributed by atoms with E-state index in [1.807, 2.05) is 41.2 Å². The summed E-state index contributed by atoms with van der Waals surface area (Å²) in [6.45, 7) is 0.739. The molecule has 0 atom stereocenters. The molecule has 0 saturated heterocycles. The molecule has 3 aromatic rings. The summed E-state index contributed by atoms with van der Waals surface area (Å²) in [5.41, 5.74) is 3.60. The van der Waals surface area contributed by atoms with Gasteiger partial charge in [0.25, 0.3) is 11.5 Å². The third-order valence-corrected chi connectivity index (χ3v) is 4.92. The van der Waals surface area contributed by atoms with Crippen molar-refractivity contribution in [2.75, 3.05) is 6.54 Å². The van der Waals surface area contributed by atoms with Crippen LogP contribution in [0.1, 0.15) is 34.5 Å². The number of hydrogen-bond acceptors (Lipinski definition) is 3.